The lowest BCUT2D eigenvalue weighted by molar-refractivity contribution is -0.302. The molecule has 1 aliphatic heterocycles. The Kier molecular flexibility index (Phi) is 14.7. The van der Waals surface area contributed by atoms with E-state index in [0.717, 1.165) is 11.6 Å². The first-order valence-electron chi connectivity index (χ1n) is 17.9. The fraction of sp³-hybridized carbons (Fsp3) is 0.447. The van der Waals surface area contributed by atoms with Gasteiger partial charge in [-0.1, -0.05) is 16.9 Å². The first-order valence-corrected chi connectivity index (χ1v) is 17.9. The van der Waals surface area contributed by atoms with Crippen molar-refractivity contribution in [1.29, 1.82) is 0 Å². The molecule has 5 rings (SSSR count). The Balaban J connectivity index is 1.13. The van der Waals surface area contributed by atoms with Crippen molar-refractivity contribution in [2.45, 2.75) is 77.0 Å². The molecule has 19 nitrogen and oxygen atoms in total. The zero-order chi connectivity index (χ0) is 41.2. The maximum atomic E-state index is 13.9. The normalized spacial score (nSPS) is 19.3. The van der Waals surface area contributed by atoms with E-state index in [1.54, 1.807) is 24.3 Å². The monoisotopic (exact) mass is 799 g/mol. The van der Waals surface area contributed by atoms with Crippen LogP contribution in [0.15, 0.2) is 57.4 Å². The number of carbonyl (C=O) groups excluding carboxylic acids is 2. The molecule has 308 valence electrons. The van der Waals surface area contributed by atoms with E-state index in [-0.39, 0.29) is 67.4 Å². The molecule has 0 bridgehead atoms. The molecule has 0 spiro atoms. The molecule has 0 aliphatic carbocycles. The van der Waals surface area contributed by atoms with Crippen molar-refractivity contribution in [3.8, 4) is 34.3 Å². The summed E-state index contributed by atoms with van der Waals surface area (Å²) in [6.07, 6.45) is -4.28. The van der Waals surface area contributed by atoms with E-state index in [0.29, 0.717) is 17.0 Å². The van der Waals surface area contributed by atoms with Crippen LogP contribution in [-0.4, -0.2) is 122 Å². The number of ether oxygens (including phenoxy) is 6. The van der Waals surface area contributed by atoms with E-state index in [2.05, 4.69) is 10.3 Å². The average Bonchev–Trinajstić information content (AvgIpc) is 3.65. The Morgan fingerprint density at radius 2 is 1.70 bits per heavy atom. The molecule has 0 radical (unpaired) electrons. The molecular formula is C38H45N3O16. The number of nitrogens with zero attached hydrogens (tertiary/aromatic N) is 3. The Morgan fingerprint density at radius 3 is 2.40 bits per heavy atom. The topological polar surface area (TPSA) is 272 Å². The summed E-state index contributed by atoms with van der Waals surface area (Å²) in [5, 5.41) is 67.9. The van der Waals surface area contributed by atoms with E-state index < -0.39 is 79.0 Å². The summed E-state index contributed by atoms with van der Waals surface area (Å²) < 4.78 is 39.6. The molecule has 1 saturated heterocycles. The van der Waals surface area contributed by atoms with Crippen molar-refractivity contribution in [2.75, 3.05) is 33.5 Å². The standard InChI is InChI=1S/C38H45N3O16/c1-20(2)4-9-24-25(43)16-26(44)30-32(48)37(35(57-36(24)30)21-5-7-23(51-3)8-6-21)56-29(46)11-10-28(45)54-19-22-17-41(40-39-22)12-13-52-14-15-53-38-34(50)33(49)31(47)27(18-42)55-38/h4-8,16-17,27,31,33-34,38,42-44,47,49-50H,9-15,18-19H2,1-3H3/t27-,31-,33+,34-,38-/m0/s1. The Hall–Kier alpha value is -5.41. The van der Waals surface area contributed by atoms with Crippen molar-refractivity contribution >= 4 is 22.9 Å². The Morgan fingerprint density at radius 1 is 0.965 bits per heavy atom. The van der Waals surface area contributed by atoms with Gasteiger partial charge in [-0.05, 0) is 44.5 Å². The van der Waals surface area contributed by atoms with Crippen LogP contribution in [0, 0.1) is 0 Å². The number of aromatic nitrogens is 3. The molecule has 1 fully saturated rings. The number of rotatable bonds is 18. The van der Waals surface area contributed by atoms with E-state index in [1.165, 1.54) is 18.0 Å². The van der Waals surface area contributed by atoms with Gasteiger partial charge in [-0.3, -0.25) is 14.4 Å². The van der Waals surface area contributed by atoms with Gasteiger partial charge in [0, 0.05) is 17.2 Å². The largest absolute Gasteiger partial charge is 0.507 e. The number of phenolic OH excluding ortho intramolecular Hbond substituents is 2. The van der Waals surface area contributed by atoms with Gasteiger partial charge in [0.2, 0.25) is 11.2 Å². The van der Waals surface area contributed by atoms with E-state index in [9.17, 15) is 45.0 Å². The number of aliphatic hydroxyl groups excluding tert-OH is 4. The number of aliphatic hydroxyl groups is 4. The highest BCUT2D eigenvalue weighted by molar-refractivity contribution is 5.92. The van der Waals surface area contributed by atoms with E-state index in [4.69, 9.17) is 32.8 Å². The summed E-state index contributed by atoms with van der Waals surface area (Å²) in [6.45, 7) is 3.39. The molecule has 3 heterocycles. The number of esters is 2. The van der Waals surface area contributed by atoms with Crippen LogP contribution < -0.4 is 14.9 Å². The summed E-state index contributed by atoms with van der Waals surface area (Å²) in [4.78, 5) is 39.4. The van der Waals surface area contributed by atoms with E-state index >= 15 is 0 Å². The lowest BCUT2D eigenvalue weighted by atomic mass is 9.99. The summed E-state index contributed by atoms with van der Waals surface area (Å²) in [5.74, 6) is -2.76. The van der Waals surface area contributed by atoms with Gasteiger partial charge in [-0.2, -0.15) is 0 Å². The number of benzene rings is 2. The van der Waals surface area contributed by atoms with Crippen LogP contribution in [-0.2, 0) is 48.1 Å². The molecule has 5 atom stereocenters. The molecule has 2 aromatic carbocycles. The molecule has 0 saturated carbocycles. The predicted molar refractivity (Wildman–Crippen MR) is 196 cm³/mol. The number of hydrogen-bond acceptors (Lipinski definition) is 18. The second-order valence-corrected chi connectivity index (χ2v) is 13.2. The van der Waals surface area contributed by atoms with Gasteiger partial charge in [0.25, 0.3) is 0 Å². The Bertz CT molecular complexity index is 2090. The van der Waals surface area contributed by atoms with Crippen LogP contribution in [0.2, 0.25) is 0 Å². The average molecular weight is 800 g/mol. The molecule has 4 aromatic rings. The van der Waals surface area contributed by atoms with Gasteiger partial charge in [-0.15, -0.1) is 5.10 Å². The SMILES string of the molecule is COc1ccc(-c2oc3c(CC=C(C)C)c(O)cc(O)c3c(=O)c2OC(=O)CCC(=O)OCc2cn(CCOCCO[C@H]3O[C@@H](CO)[C@H](O)[C@@H](O)[C@@H]3O)nn2)cc1. The summed E-state index contributed by atoms with van der Waals surface area (Å²) >= 11 is 0. The molecule has 19 heteroatoms. The number of carbonyl (C=O) groups is 2. The fourth-order valence-electron chi connectivity index (χ4n) is 5.70. The molecule has 57 heavy (non-hydrogen) atoms. The van der Waals surface area contributed by atoms with Crippen LogP contribution in [0.5, 0.6) is 23.0 Å². The number of hydrogen-bond donors (Lipinski definition) is 6. The third kappa shape index (κ3) is 10.7. The van der Waals surface area contributed by atoms with Crippen molar-refractivity contribution in [3.63, 3.8) is 0 Å². The predicted octanol–water partition coefficient (Wildman–Crippen LogP) is 1.24. The van der Waals surface area contributed by atoms with Gasteiger partial charge in [0.05, 0.1) is 59.1 Å². The minimum absolute atomic E-state index is 0.0268. The van der Waals surface area contributed by atoms with Crippen molar-refractivity contribution in [2.24, 2.45) is 0 Å². The third-order valence-electron chi connectivity index (χ3n) is 8.79. The minimum atomic E-state index is -1.55. The summed E-state index contributed by atoms with van der Waals surface area (Å²) in [6, 6.07) is 7.38. The number of phenols is 2. The molecule has 1 aliphatic rings. The van der Waals surface area contributed by atoms with E-state index in [1.807, 2.05) is 19.9 Å². The number of allylic oxidation sites excluding steroid dienone is 2. The number of aromatic hydroxyl groups is 2. The molecule has 6 N–H and O–H groups in total. The van der Waals surface area contributed by atoms with Gasteiger partial charge in [-0.25, -0.2) is 4.68 Å². The van der Waals surface area contributed by atoms with Gasteiger partial charge < -0.3 is 63.5 Å². The second-order valence-electron chi connectivity index (χ2n) is 13.2. The number of fused-ring (bicyclic) bond motifs is 1. The summed E-state index contributed by atoms with van der Waals surface area (Å²) in [7, 11) is 1.48. The van der Waals surface area contributed by atoms with Gasteiger partial charge in [0.1, 0.15) is 64.9 Å². The van der Waals surface area contributed by atoms with Crippen LogP contribution in [0.4, 0.5) is 0 Å². The van der Waals surface area contributed by atoms with Gasteiger partial charge in [0.15, 0.2) is 12.1 Å². The molecule has 2 aromatic heterocycles. The van der Waals surface area contributed by atoms with Crippen LogP contribution in [0.1, 0.15) is 37.9 Å². The first-order chi connectivity index (χ1) is 27.3. The zero-order valence-electron chi connectivity index (χ0n) is 31.4. The third-order valence-corrected chi connectivity index (χ3v) is 8.79. The van der Waals surface area contributed by atoms with Crippen LogP contribution in [0.3, 0.4) is 0 Å². The second kappa shape index (κ2) is 19.6. The Labute approximate surface area is 325 Å². The summed E-state index contributed by atoms with van der Waals surface area (Å²) in [5.41, 5.74) is 0.850. The maximum absolute atomic E-state index is 13.9. The van der Waals surface area contributed by atoms with Crippen molar-refractivity contribution in [1.82, 2.24) is 15.0 Å². The smallest absolute Gasteiger partial charge is 0.312 e. The molecular weight excluding hydrogens is 754 g/mol. The first kappa shape index (κ1) is 42.7. The number of methoxy groups -OCH3 is 1. The fourth-order valence-corrected chi connectivity index (χ4v) is 5.70. The molecule has 0 amide bonds. The maximum Gasteiger partial charge on any atom is 0.312 e. The van der Waals surface area contributed by atoms with Gasteiger partial charge >= 0.3 is 11.9 Å². The lowest BCUT2D eigenvalue weighted by Crippen LogP contribution is -2.59. The minimum Gasteiger partial charge on any atom is -0.507 e. The van der Waals surface area contributed by atoms with Crippen molar-refractivity contribution < 1.29 is 73.1 Å². The molecule has 0 unspecified atom stereocenters. The lowest BCUT2D eigenvalue weighted by Gasteiger charge is -2.39. The van der Waals surface area contributed by atoms with Crippen LogP contribution >= 0.6 is 0 Å². The van der Waals surface area contributed by atoms with Crippen LogP contribution in [0.25, 0.3) is 22.3 Å². The zero-order valence-corrected chi connectivity index (χ0v) is 31.4. The highest BCUT2D eigenvalue weighted by atomic mass is 16.7. The van der Waals surface area contributed by atoms with Crippen molar-refractivity contribution in [3.05, 3.63) is 69.7 Å². The highest BCUT2D eigenvalue weighted by Gasteiger charge is 2.44. The quantitative estimate of drug-likeness (QED) is 0.0469. The highest BCUT2D eigenvalue weighted by Crippen LogP contribution is 2.39.